The molecule has 1 rings (SSSR count). The predicted molar refractivity (Wildman–Crippen MR) is 67.8 cm³/mol. The van der Waals surface area contributed by atoms with Crippen molar-refractivity contribution in [1.82, 2.24) is 0 Å². The fourth-order valence-electron chi connectivity index (χ4n) is 1.24. The van der Waals surface area contributed by atoms with E-state index in [-0.39, 0.29) is 21.6 Å². The summed E-state index contributed by atoms with van der Waals surface area (Å²) in [7, 11) is -3.45. The van der Waals surface area contributed by atoms with Gasteiger partial charge in [0.15, 0.2) is 9.84 Å². The van der Waals surface area contributed by atoms with Crippen molar-refractivity contribution in [3.05, 3.63) is 35.9 Å². The van der Waals surface area contributed by atoms with Crippen molar-refractivity contribution in [1.29, 1.82) is 0 Å². The van der Waals surface area contributed by atoms with Crippen LogP contribution in [0.2, 0.25) is 0 Å². The van der Waals surface area contributed by atoms with Gasteiger partial charge in [0.05, 0.1) is 10.6 Å². The van der Waals surface area contributed by atoms with Crippen LogP contribution in [0.5, 0.6) is 0 Å². The number of carbonyl (C=O) groups excluding carboxylic acids is 1. The Morgan fingerprint density at radius 1 is 1.35 bits per heavy atom. The molecule has 0 spiro atoms. The molecule has 1 amide bonds. The maximum atomic E-state index is 11.7. The van der Waals surface area contributed by atoms with Gasteiger partial charge in [0.2, 0.25) is 5.91 Å². The van der Waals surface area contributed by atoms with Gasteiger partial charge >= 0.3 is 0 Å². The summed E-state index contributed by atoms with van der Waals surface area (Å²) in [4.78, 5) is 10.9. The molecule has 6 heteroatoms. The number of rotatable bonds is 4. The second kappa shape index (κ2) is 5.33. The zero-order valence-corrected chi connectivity index (χ0v) is 10.8. The summed E-state index contributed by atoms with van der Waals surface area (Å²) in [5, 5.41) is 2.61. The average Bonchev–Trinajstić information content (AvgIpc) is 2.15. The van der Waals surface area contributed by atoms with E-state index < -0.39 is 9.84 Å². The largest absolute Gasteiger partial charge is 0.326 e. The van der Waals surface area contributed by atoms with E-state index in [1.165, 1.54) is 31.2 Å². The third kappa shape index (κ3) is 4.20. The topological polar surface area (TPSA) is 63.2 Å². The van der Waals surface area contributed by atoms with Gasteiger partial charge in [-0.05, 0) is 24.3 Å². The molecule has 0 aliphatic carbocycles. The van der Waals surface area contributed by atoms with Crippen LogP contribution in [0.15, 0.2) is 40.8 Å². The molecule has 0 aliphatic rings. The van der Waals surface area contributed by atoms with Gasteiger partial charge in [-0.3, -0.25) is 4.79 Å². The molecule has 1 aromatic rings. The van der Waals surface area contributed by atoms with E-state index in [0.717, 1.165) is 0 Å². The maximum Gasteiger partial charge on any atom is 0.221 e. The van der Waals surface area contributed by atoms with Crippen LogP contribution in [0.4, 0.5) is 5.69 Å². The summed E-state index contributed by atoms with van der Waals surface area (Å²) >= 11 is 5.48. The van der Waals surface area contributed by atoms with Crippen molar-refractivity contribution >= 4 is 33.0 Å². The zero-order chi connectivity index (χ0) is 13.1. The van der Waals surface area contributed by atoms with Gasteiger partial charge in [-0.25, -0.2) is 8.42 Å². The Morgan fingerprint density at radius 3 is 2.29 bits per heavy atom. The first-order chi connectivity index (χ1) is 7.81. The average molecular weight is 274 g/mol. The van der Waals surface area contributed by atoms with Crippen molar-refractivity contribution < 1.29 is 13.2 Å². The Balaban J connectivity index is 2.94. The standard InChI is InChI=1S/C11H12ClNO3S/c1-8(12)7-17(15,16)11-5-3-10(4-6-11)13-9(2)14/h3-6H,1,7H2,2H3,(H,13,14). The first-order valence-electron chi connectivity index (χ1n) is 4.75. The van der Waals surface area contributed by atoms with E-state index in [0.29, 0.717) is 5.69 Å². The van der Waals surface area contributed by atoms with E-state index in [1.807, 2.05) is 0 Å². The number of sulfone groups is 1. The monoisotopic (exact) mass is 273 g/mol. The number of benzene rings is 1. The van der Waals surface area contributed by atoms with E-state index >= 15 is 0 Å². The second-order valence-electron chi connectivity index (χ2n) is 3.48. The Hall–Kier alpha value is -1.33. The lowest BCUT2D eigenvalue weighted by molar-refractivity contribution is -0.114. The summed E-state index contributed by atoms with van der Waals surface area (Å²) in [6, 6.07) is 5.87. The SMILES string of the molecule is C=C(Cl)CS(=O)(=O)c1ccc(NC(C)=O)cc1. The number of hydrogen-bond donors (Lipinski definition) is 1. The molecule has 92 valence electrons. The Bertz CT molecular complexity index is 534. The molecule has 0 fully saturated rings. The molecule has 0 aliphatic heterocycles. The van der Waals surface area contributed by atoms with Crippen molar-refractivity contribution in [2.24, 2.45) is 0 Å². The molecule has 0 saturated heterocycles. The lowest BCUT2D eigenvalue weighted by atomic mass is 10.3. The fourth-order valence-corrected chi connectivity index (χ4v) is 2.80. The lowest BCUT2D eigenvalue weighted by Gasteiger charge is -2.05. The molecule has 4 nitrogen and oxygen atoms in total. The van der Waals surface area contributed by atoms with Crippen molar-refractivity contribution in [2.45, 2.75) is 11.8 Å². The van der Waals surface area contributed by atoms with Crippen LogP contribution in [0.3, 0.4) is 0 Å². The van der Waals surface area contributed by atoms with Crippen LogP contribution in [0, 0.1) is 0 Å². The summed E-state index contributed by atoms with van der Waals surface area (Å²) < 4.78 is 23.5. The van der Waals surface area contributed by atoms with Crippen LogP contribution in [0.1, 0.15) is 6.92 Å². The highest BCUT2D eigenvalue weighted by Crippen LogP contribution is 2.17. The Kier molecular flexibility index (Phi) is 4.31. The maximum absolute atomic E-state index is 11.7. The Morgan fingerprint density at radius 2 is 1.88 bits per heavy atom. The Labute approximate surface area is 105 Å². The van der Waals surface area contributed by atoms with E-state index in [2.05, 4.69) is 11.9 Å². The molecular formula is C11H12ClNO3S. The van der Waals surface area contributed by atoms with Crippen LogP contribution in [-0.4, -0.2) is 20.1 Å². The first-order valence-corrected chi connectivity index (χ1v) is 6.78. The van der Waals surface area contributed by atoms with Gasteiger partial charge in [0.25, 0.3) is 0 Å². The summed E-state index contributed by atoms with van der Waals surface area (Å²) in [6.45, 7) is 4.73. The van der Waals surface area contributed by atoms with E-state index in [4.69, 9.17) is 11.6 Å². The van der Waals surface area contributed by atoms with Crippen molar-refractivity contribution in [3.63, 3.8) is 0 Å². The molecular weight excluding hydrogens is 262 g/mol. The highest BCUT2D eigenvalue weighted by atomic mass is 35.5. The quantitative estimate of drug-likeness (QED) is 0.914. The molecule has 0 radical (unpaired) electrons. The first kappa shape index (κ1) is 13.7. The molecule has 1 N–H and O–H groups in total. The zero-order valence-electron chi connectivity index (χ0n) is 9.23. The normalized spacial score (nSPS) is 10.9. The molecule has 17 heavy (non-hydrogen) atoms. The minimum absolute atomic E-state index is 0.0657. The van der Waals surface area contributed by atoms with Crippen LogP contribution in [-0.2, 0) is 14.6 Å². The van der Waals surface area contributed by atoms with Gasteiger partial charge in [0, 0.05) is 17.6 Å². The van der Waals surface area contributed by atoms with Gasteiger partial charge in [-0.1, -0.05) is 18.2 Å². The van der Waals surface area contributed by atoms with Crippen LogP contribution >= 0.6 is 11.6 Å². The number of anilines is 1. The smallest absolute Gasteiger partial charge is 0.221 e. The lowest BCUT2D eigenvalue weighted by Crippen LogP contribution is -2.08. The van der Waals surface area contributed by atoms with E-state index in [9.17, 15) is 13.2 Å². The number of halogens is 1. The highest BCUT2D eigenvalue weighted by molar-refractivity contribution is 7.91. The molecule has 0 unspecified atom stereocenters. The number of nitrogens with one attached hydrogen (secondary N) is 1. The summed E-state index contributed by atoms with van der Waals surface area (Å²) in [6.07, 6.45) is 0. The molecule has 0 heterocycles. The van der Waals surface area contributed by atoms with Gasteiger partial charge < -0.3 is 5.32 Å². The molecule has 0 saturated carbocycles. The number of amides is 1. The summed E-state index contributed by atoms with van der Waals surface area (Å²) in [5.41, 5.74) is 0.543. The molecule has 0 aromatic heterocycles. The van der Waals surface area contributed by atoms with Crippen molar-refractivity contribution in [2.75, 3.05) is 11.1 Å². The molecule has 1 aromatic carbocycles. The number of carbonyl (C=O) groups is 1. The van der Waals surface area contributed by atoms with Gasteiger partial charge in [-0.15, -0.1) is 0 Å². The molecule has 0 atom stereocenters. The van der Waals surface area contributed by atoms with Gasteiger partial charge in [-0.2, -0.15) is 0 Å². The second-order valence-corrected chi connectivity index (χ2v) is 6.01. The fraction of sp³-hybridized carbons (Fsp3) is 0.182. The summed E-state index contributed by atoms with van der Waals surface area (Å²) in [5.74, 6) is -0.511. The third-order valence-corrected chi connectivity index (χ3v) is 3.89. The molecule has 0 bridgehead atoms. The van der Waals surface area contributed by atoms with E-state index in [1.54, 1.807) is 0 Å². The van der Waals surface area contributed by atoms with Gasteiger partial charge in [0.1, 0.15) is 0 Å². The minimum Gasteiger partial charge on any atom is -0.326 e. The van der Waals surface area contributed by atoms with Crippen LogP contribution in [0.25, 0.3) is 0 Å². The third-order valence-electron chi connectivity index (χ3n) is 1.88. The predicted octanol–water partition coefficient (Wildman–Crippen LogP) is 2.17. The highest BCUT2D eigenvalue weighted by Gasteiger charge is 2.14. The van der Waals surface area contributed by atoms with Crippen LogP contribution < -0.4 is 5.32 Å². The van der Waals surface area contributed by atoms with Crippen molar-refractivity contribution in [3.8, 4) is 0 Å². The number of hydrogen-bond acceptors (Lipinski definition) is 3. The minimum atomic E-state index is -3.45.